The Kier molecular flexibility index (Phi) is 2.48. The van der Waals surface area contributed by atoms with E-state index >= 15 is 0 Å². The molecule has 3 atom stereocenters. The zero-order valence-corrected chi connectivity index (χ0v) is 12.4. The summed E-state index contributed by atoms with van der Waals surface area (Å²) in [5, 5.41) is 3.73. The fourth-order valence-corrected chi connectivity index (χ4v) is 5.00. The number of Topliss-reactive ketones (excluding diaryl/α,β-unsaturated/α-hetero) is 1. The lowest BCUT2D eigenvalue weighted by molar-refractivity contribution is -0.136. The standard InChI is InChI=1S/C18H23NO/c1-17(2)10-14-15-9-12-5-3-4-6-13(12)18(14,7-8-19-15)11-16(17)20/h3-6,14-15,19H,7-11H2,1-2H3/t14-,15+,18+/m0/s1. The average molecular weight is 269 g/mol. The highest BCUT2D eigenvalue weighted by atomic mass is 16.1. The molecule has 1 aliphatic heterocycles. The van der Waals surface area contributed by atoms with E-state index in [1.165, 1.54) is 11.1 Å². The number of hydrogen-bond donors (Lipinski definition) is 1. The molecule has 20 heavy (non-hydrogen) atoms. The van der Waals surface area contributed by atoms with Gasteiger partial charge in [-0.1, -0.05) is 38.1 Å². The van der Waals surface area contributed by atoms with Crippen LogP contribution in [0.2, 0.25) is 0 Å². The summed E-state index contributed by atoms with van der Waals surface area (Å²) in [6.07, 6.45) is 4.04. The van der Waals surface area contributed by atoms with Gasteiger partial charge in [0.2, 0.25) is 0 Å². The number of carbonyl (C=O) groups is 1. The van der Waals surface area contributed by atoms with Gasteiger partial charge < -0.3 is 5.32 Å². The monoisotopic (exact) mass is 269 g/mol. The molecule has 1 aromatic rings. The summed E-state index contributed by atoms with van der Waals surface area (Å²) in [6.45, 7) is 5.33. The molecule has 2 heteroatoms. The van der Waals surface area contributed by atoms with Crippen molar-refractivity contribution in [3.63, 3.8) is 0 Å². The highest BCUT2D eigenvalue weighted by Crippen LogP contribution is 2.56. The average Bonchev–Trinajstić information content (AvgIpc) is 2.40. The number of carbonyl (C=O) groups excluding carboxylic acids is 1. The van der Waals surface area contributed by atoms with E-state index in [0.29, 0.717) is 17.7 Å². The van der Waals surface area contributed by atoms with Gasteiger partial charge in [-0.25, -0.2) is 0 Å². The van der Waals surface area contributed by atoms with Gasteiger partial charge in [0.15, 0.2) is 0 Å². The molecule has 106 valence electrons. The fourth-order valence-electron chi connectivity index (χ4n) is 5.00. The molecule has 2 bridgehead atoms. The quantitative estimate of drug-likeness (QED) is 0.784. The van der Waals surface area contributed by atoms with Crippen LogP contribution in [0.1, 0.15) is 44.2 Å². The zero-order chi connectivity index (χ0) is 14.0. The summed E-state index contributed by atoms with van der Waals surface area (Å²) < 4.78 is 0. The van der Waals surface area contributed by atoms with E-state index in [0.717, 1.165) is 32.2 Å². The molecule has 1 heterocycles. The number of nitrogens with one attached hydrogen (secondary N) is 1. The highest BCUT2D eigenvalue weighted by Gasteiger charge is 2.57. The van der Waals surface area contributed by atoms with Crippen LogP contribution in [-0.2, 0) is 16.6 Å². The van der Waals surface area contributed by atoms with Crippen molar-refractivity contribution in [1.82, 2.24) is 5.32 Å². The number of rotatable bonds is 0. The van der Waals surface area contributed by atoms with Crippen molar-refractivity contribution < 1.29 is 4.79 Å². The van der Waals surface area contributed by atoms with Crippen LogP contribution in [0.4, 0.5) is 0 Å². The molecule has 0 aromatic heterocycles. The molecule has 1 saturated carbocycles. The molecule has 3 aliphatic rings. The Labute approximate surface area is 121 Å². The van der Waals surface area contributed by atoms with Crippen molar-refractivity contribution in [3.05, 3.63) is 35.4 Å². The Bertz CT molecular complexity index is 577. The van der Waals surface area contributed by atoms with Gasteiger partial charge >= 0.3 is 0 Å². The predicted molar refractivity (Wildman–Crippen MR) is 79.7 cm³/mol. The second kappa shape index (κ2) is 3.94. The summed E-state index contributed by atoms with van der Waals surface area (Å²) in [5.74, 6) is 1.09. The lowest BCUT2D eigenvalue weighted by atomic mass is 9.48. The SMILES string of the molecule is CC1(C)C[C@H]2[C@H]3Cc4ccccc4[C@@]2(CCN3)CC1=O. The lowest BCUT2D eigenvalue weighted by Crippen LogP contribution is -2.63. The highest BCUT2D eigenvalue weighted by molar-refractivity contribution is 5.87. The summed E-state index contributed by atoms with van der Waals surface area (Å²) >= 11 is 0. The van der Waals surface area contributed by atoms with E-state index in [4.69, 9.17) is 0 Å². The molecule has 2 fully saturated rings. The zero-order valence-electron chi connectivity index (χ0n) is 12.4. The van der Waals surface area contributed by atoms with Gasteiger partial charge in [0, 0.05) is 23.3 Å². The van der Waals surface area contributed by atoms with Crippen LogP contribution in [0, 0.1) is 11.3 Å². The van der Waals surface area contributed by atoms with E-state index in [1.54, 1.807) is 0 Å². The van der Waals surface area contributed by atoms with Crippen LogP contribution in [0.15, 0.2) is 24.3 Å². The number of fused-ring (bicyclic) bond motifs is 1. The van der Waals surface area contributed by atoms with Gasteiger partial charge in [0.05, 0.1) is 0 Å². The Morgan fingerprint density at radius 3 is 2.90 bits per heavy atom. The van der Waals surface area contributed by atoms with Gasteiger partial charge in [-0.15, -0.1) is 0 Å². The molecular formula is C18H23NO. The minimum atomic E-state index is -0.141. The Morgan fingerprint density at radius 1 is 1.25 bits per heavy atom. The van der Waals surface area contributed by atoms with Crippen molar-refractivity contribution >= 4 is 5.78 Å². The van der Waals surface area contributed by atoms with E-state index in [9.17, 15) is 4.79 Å². The maximum Gasteiger partial charge on any atom is 0.139 e. The van der Waals surface area contributed by atoms with Crippen molar-refractivity contribution in [2.75, 3.05) is 6.54 Å². The molecule has 0 radical (unpaired) electrons. The van der Waals surface area contributed by atoms with E-state index in [-0.39, 0.29) is 10.8 Å². The molecule has 2 aliphatic carbocycles. The van der Waals surface area contributed by atoms with Gasteiger partial charge in [-0.05, 0) is 42.9 Å². The number of ketones is 1. The molecular weight excluding hydrogens is 246 g/mol. The van der Waals surface area contributed by atoms with Gasteiger partial charge in [-0.3, -0.25) is 4.79 Å². The minimum Gasteiger partial charge on any atom is -0.313 e. The molecule has 1 saturated heterocycles. The third kappa shape index (κ3) is 1.52. The molecule has 1 N–H and O–H groups in total. The summed E-state index contributed by atoms with van der Waals surface area (Å²) in [4.78, 5) is 12.7. The van der Waals surface area contributed by atoms with Gasteiger partial charge in [0.25, 0.3) is 0 Å². The Balaban J connectivity index is 1.89. The van der Waals surface area contributed by atoms with Crippen molar-refractivity contribution in [1.29, 1.82) is 0 Å². The van der Waals surface area contributed by atoms with E-state index in [2.05, 4.69) is 43.4 Å². The first-order chi connectivity index (χ1) is 9.53. The van der Waals surface area contributed by atoms with E-state index < -0.39 is 0 Å². The van der Waals surface area contributed by atoms with Crippen LogP contribution < -0.4 is 5.32 Å². The molecule has 4 rings (SSSR count). The summed E-state index contributed by atoms with van der Waals surface area (Å²) in [6, 6.07) is 9.40. The van der Waals surface area contributed by atoms with Crippen molar-refractivity contribution in [3.8, 4) is 0 Å². The van der Waals surface area contributed by atoms with Crippen molar-refractivity contribution in [2.45, 2.75) is 51.0 Å². The first kappa shape index (κ1) is 12.6. The number of piperidine rings is 1. The molecule has 1 aromatic carbocycles. The molecule has 0 spiro atoms. The first-order valence-electron chi connectivity index (χ1n) is 7.88. The topological polar surface area (TPSA) is 29.1 Å². The lowest BCUT2D eigenvalue weighted by Gasteiger charge is -2.58. The van der Waals surface area contributed by atoms with Crippen LogP contribution in [-0.4, -0.2) is 18.4 Å². The molecule has 0 amide bonds. The number of benzene rings is 1. The second-order valence-corrected chi connectivity index (χ2v) is 7.62. The van der Waals surface area contributed by atoms with Crippen molar-refractivity contribution in [2.24, 2.45) is 11.3 Å². The normalized spacial score (nSPS) is 38.0. The van der Waals surface area contributed by atoms with Crippen LogP contribution >= 0.6 is 0 Å². The number of hydrogen-bond acceptors (Lipinski definition) is 2. The third-order valence-electron chi connectivity index (χ3n) is 6.13. The summed E-state index contributed by atoms with van der Waals surface area (Å²) in [7, 11) is 0. The fraction of sp³-hybridized carbons (Fsp3) is 0.611. The smallest absolute Gasteiger partial charge is 0.139 e. The Morgan fingerprint density at radius 2 is 2.05 bits per heavy atom. The van der Waals surface area contributed by atoms with Crippen LogP contribution in [0.3, 0.4) is 0 Å². The first-order valence-corrected chi connectivity index (χ1v) is 7.88. The predicted octanol–water partition coefficient (Wildman–Crippen LogP) is 2.85. The van der Waals surface area contributed by atoms with E-state index in [1.807, 2.05) is 0 Å². The largest absolute Gasteiger partial charge is 0.313 e. The molecule has 2 nitrogen and oxygen atoms in total. The van der Waals surface area contributed by atoms with Crippen LogP contribution in [0.25, 0.3) is 0 Å². The third-order valence-corrected chi connectivity index (χ3v) is 6.13. The minimum absolute atomic E-state index is 0.122. The maximum absolute atomic E-state index is 12.7. The van der Waals surface area contributed by atoms with Crippen LogP contribution in [0.5, 0.6) is 0 Å². The summed E-state index contributed by atoms with van der Waals surface area (Å²) in [5.41, 5.74) is 2.93. The Hall–Kier alpha value is -1.15. The van der Waals surface area contributed by atoms with Gasteiger partial charge in [-0.2, -0.15) is 0 Å². The molecule has 0 unspecified atom stereocenters. The second-order valence-electron chi connectivity index (χ2n) is 7.62. The van der Waals surface area contributed by atoms with Gasteiger partial charge in [0.1, 0.15) is 5.78 Å². The maximum atomic E-state index is 12.7.